The van der Waals surface area contributed by atoms with Crippen molar-refractivity contribution in [2.75, 3.05) is 19.8 Å². The largest absolute Gasteiger partial charge is 0.381 e. The van der Waals surface area contributed by atoms with E-state index >= 15 is 0 Å². The second kappa shape index (κ2) is 6.55. The predicted octanol–water partition coefficient (Wildman–Crippen LogP) is 3.73. The third kappa shape index (κ3) is 3.25. The highest BCUT2D eigenvalue weighted by Crippen LogP contribution is 2.31. The van der Waals surface area contributed by atoms with Crippen LogP contribution >= 0.6 is 11.6 Å². The van der Waals surface area contributed by atoms with Crippen LogP contribution in [0.3, 0.4) is 0 Å². The highest BCUT2D eigenvalue weighted by molar-refractivity contribution is 6.31. The molecule has 18 heavy (non-hydrogen) atoms. The Labute approximate surface area is 115 Å². The highest BCUT2D eigenvalue weighted by Gasteiger charge is 2.26. The second-order valence-corrected chi connectivity index (χ2v) is 5.47. The zero-order valence-electron chi connectivity index (χ0n) is 11.2. The van der Waals surface area contributed by atoms with Crippen molar-refractivity contribution in [3.63, 3.8) is 0 Å². The van der Waals surface area contributed by atoms with Gasteiger partial charge in [0.1, 0.15) is 0 Å². The monoisotopic (exact) mass is 267 g/mol. The molecule has 0 aromatic heterocycles. The third-order valence-electron chi connectivity index (χ3n) is 3.61. The van der Waals surface area contributed by atoms with E-state index in [2.05, 4.69) is 30.4 Å². The van der Waals surface area contributed by atoms with Crippen LogP contribution in [0.1, 0.15) is 36.9 Å². The van der Waals surface area contributed by atoms with Crippen LogP contribution in [-0.2, 0) is 4.74 Å². The fraction of sp³-hybridized carbons (Fsp3) is 0.600. The lowest BCUT2D eigenvalue weighted by Crippen LogP contribution is -2.29. The first kappa shape index (κ1) is 13.9. The molecule has 2 nitrogen and oxygen atoms in total. The van der Waals surface area contributed by atoms with Crippen LogP contribution in [0.4, 0.5) is 0 Å². The molecule has 0 saturated carbocycles. The zero-order valence-corrected chi connectivity index (χ0v) is 12.0. The average molecular weight is 268 g/mol. The van der Waals surface area contributed by atoms with Crippen LogP contribution in [0.15, 0.2) is 18.2 Å². The van der Waals surface area contributed by atoms with Crippen LogP contribution in [0.2, 0.25) is 5.02 Å². The molecule has 100 valence electrons. The molecule has 3 heteroatoms. The molecule has 2 unspecified atom stereocenters. The van der Waals surface area contributed by atoms with Gasteiger partial charge in [-0.2, -0.15) is 0 Å². The molecule has 1 aliphatic heterocycles. The van der Waals surface area contributed by atoms with Crippen molar-refractivity contribution in [3.05, 3.63) is 34.3 Å². The summed E-state index contributed by atoms with van der Waals surface area (Å²) in [6, 6.07) is 6.76. The number of nitrogens with one attached hydrogen (secondary N) is 1. The maximum Gasteiger partial charge on any atom is 0.0513 e. The molecule has 0 aliphatic carbocycles. The summed E-state index contributed by atoms with van der Waals surface area (Å²) in [4.78, 5) is 0. The summed E-state index contributed by atoms with van der Waals surface area (Å²) >= 11 is 6.24. The molecule has 0 spiro atoms. The van der Waals surface area contributed by atoms with Gasteiger partial charge in [-0.15, -0.1) is 0 Å². The maximum atomic E-state index is 6.24. The predicted molar refractivity (Wildman–Crippen MR) is 76.1 cm³/mol. The Balaban J connectivity index is 2.17. The Kier molecular flexibility index (Phi) is 5.04. The van der Waals surface area contributed by atoms with E-state index in [4.69, 9.17) is 16.3 Å². The van der Waals surface area contributed by atoms with E-state index in [1.165, 1.54) is 5.56 Å². The summed E-state index contributed by atoms with van der Waals surface area (Å²) in [5.74, 6) is 0.565. The number of halogens is 1. The van der Waals surface area contributed by atoms with Crippen molar-refractivity contribution in [2.45, 2.75) is 32.7 Å². The molecule has 2 rings (SSSR count). The van der Waals surface area contributed by atoms with Crippen molar-refractivity contribution in [3.8, 4) is 0 Å². The average Bonchev–Trinajstić information content (AvgIpc) is 2.88. The van der Waals surface area contributed by atoms with Crippen molar-refractivity contribution in [1.29, 1.82) is 0 Å². The number of rotatable bonds is 5. The van der Waals surface area contributed by atoms with Crippen LogP contribution in [0.5, 0.6) is 0 Å². The maximum absolute atomic E-state index is 6.24. The molecule has 2 atom stereocenters. The molecular weight excluding hydrogens is 246 g/mol. The van der Waals surface area contributed by atoms with E-state index in [1.807, 2.05) is 6.92 Å². The molecule has 1 N–H and O–H groups in total. The fourth-order valence-electron chi connectivity index (χ4n) is 2.47. The Morgan fingerprint density at radius 1 is 1.50 bits per heavy atom. The lowest BCUT2D eigenvalue weighted by molar-refractivity contribution is 0.176. The summed E-state index contributed by atoms with van der Waals surface area (Å²) < 4.78 is 5.52. The zero-order chi connectivity index (χ0) is 13.0. The van der Waals surface area contributed by atoms with Crippen LogP contribution in [-0.4, -0.2) is 19.8 Å². The molecule has 1 aromatic rings. The van der Waals surface area contributed by atoms with Gasteiger partial charge in [0.2, 0.25) is 0 Å². The minimum absolute atomic E-state index is 0.366. The van der Waals surface area contributed by atoms with Crippen molar-refractivity contribution in [1.82, 2.24) is 5.32 Å². The Morgan fingerprint density at radius 2 is 2.33 bits per heavy atom. The van der Waals surface area contributed by atoms with Gasteiger partial charge in [-0.25, -0.2) is 0 Å². The Bertz CT molecular complexity index is 388. The molecule has 1 fully saturated rings. The molecule has 1 saturated heterocycles. The standard InChI is InChI=1S/C15H22ClNO/c1-3-7-17-15(13-6-8-18-10-13)12-5-4-11(2)14(16)9-12/h4-5,9,13,15,17H,3,6-8,10H2,1-2H3. The molecule has 1 aromatic carbocycles. The number of ether oxygens (including phenoxy) is 1. The van der Waals surface area contributed by atoms with Crippen molar-refractivity contribution < 1.29 is 4.74 Å². The number of aryl methyl sites for hydroxylation is 1. The van der Waals surface area contributed by atoms with Gasteiger partial charge in [-0.1, -0.05) is 30.7 Å². The van der Waals surface area contributed by atoms with E-state index in [1.54, 1.807) is 0 Å². The molecular formula is C15H22ClNO. The Morgan fingerprint density at radius 3 is 2.94 bits per heavy atom. The van der Waals surface area contributed by atoms with Gasteiger partial charge < -0.3 is 10.1 Å². The first-order chi connectivity index (χ1) is 8.72. The smallest absolute Gasteiger partial charge is 0.0513 e. The first-order valence-electron chi connectivity index (χ1n) is 6.79. The summed E-state index contributed by atoms with van der Waals surface area (Å²) in [7, 11) is 0. The van der Waals surface area contributed by atoms with Gasteiger partial charge >= 0.3 is 0 Å². The second-order valence-electron chi connectivity index (χ2n) is 5.06. The summed E-state index contributed by atoms with van der Waals surface area (Å²) in [5.41, 5.74) is 2.42. The van der Waals surface area contributed by atoms with Crippen LogP contribution < -0.4 is 5.32 Å². The third-order valence-corrected chi connectivity index (χ3v) is 4.01. The quantitative estimate of drug-likeness (QED) is 0.878. The fourth-order valence-corrected chi connectivity index (χ4v) is 2.66. The molecule has 1 heterocycles. The molecule has 0 radical (unpaired) electrons. The SMILES string of the molecule is CCCNC(c1ccc(C)c(Cl)c1)C1CCOC1. The number of hydrogen-bond acceptors (Lipinski definition) is 2. The lowest BCUT2D eigenvalue weighted by Gasteiger charge is -2.24. The van der Waals surface area contributed by atoms with E-state index in [0.717, 1.165) is 43.2 Å². The van der Waals surface area contributed by atoms with E-state index in [0.29, 0.717) is 12.0 Å². The normalized spacial score (nSPS) is 21.2. The highest BCUT2D eigenvalue weighted by atomic mass is 35.5. The summed E-state index contributed by atoms with van der Waals surface area (Å²) in [6.07, 6.45) is 2.27. The van der Waals surface area contributed by atoms with Gasteiger partial charge in [-0.3, -0.25) is 0 Å². The summed E-state index contributed by atoms with van der Waals surface area (Å²) in [6.45, 7) is 7.00. The molecule has 0 bridgehead atoms. The van der Waals surface area contributed by atoms with Gasteiger partial charge in [0, 0.05) is 23.6 Å². The molecule has 0 amide bonds. The minimum atomic E-state index is 0.366. The van der Waals surface area contributed by atoms with E-state index < -0.39 is 0 Å². The summed E-state index contributed by atoms with van der Waals surface area (Å²) in [5, 5.41) is 4.49. The topological polar surface area (TPSA) is 21.3 Å². The van der Waals surface area contributed by atoms with Gasteiger partial charge in [0.25, 0.3) is 0 Å². The first-order valence-corrected chi connectivity index (χ1v) is 7.17. The van der Waals surface area contributed by atoms with E-state index in [9.17, 15) is 0 Å². The van der Waals surface area contributed by atoms with E-state index in [-0.39, 0.29) is 0 Å². The van der Waals surface area contributed by atoms with Gasteiger partial charge in [-0.05, 0) is 43.5 Å². The van der Waals surface area contributed by atoms with Gasteiger partial charge in [0.15, 0.2) is 0 Å². The number of hydrogen-bond donors (Lipinski definition) is 1. The molecule has 1 aliphatic rings. The van der Waals surface area contributed by atoms with Crippen molar-refractivity contribution >= 4 is 11.6 Å². The van der Waals surface area contributed by atoms with Crippen LogP contribution in [0.25, 0.3) is 0 Å². The number of benzene rings is 1. The minimum Gasteiger partial charge on any atom is -0.381 e. The van der Waals surface area contributed by atoms with Crippen LogP contribution in [0, 0.1) is 12.8 Å². The van der Waals surface area contributed by atoms with Crippen molar-refractivity contribution in [2.24, 2.45) is 5.92 Å². The van der Waals surface area contributed by atoms with Gasteiger partial charge in [0.05, 0.1) is 6.61 Å². The lowest BCUT2D eigenvalue weighted by atomic mass is 9.91. The Hall–Kier alpha value is -0.570.